The van der Waals surface area contributed by atoms with E-state index < -0.39 is 0 Å². The lowest BCUT2D eigenvalue weighted by atomic mass is 10.2. The summed E-state index contributed by atoms with van der Waals surface area (Å²) in [6.45, 7) is 3.99. The Kier molecular flexibility index (Phi) is 12.2. The predicted molar refractivity (Wildman–Crippen MR) is 69.1 cm³/mol. The zero-order valence-corrected chi connectivity index (χ0v) is 12.0. The van der Waals surface area contributed by atoms with E-state index in [0.717, 1.165) is 5.56 Å². The molecule has 0 saturated heterocycles. The number of aromatic nitrogens is 1. The Morgan fingerprint density at radius 2 is 1.67 bits per heavy atom. The molecule has 1 rings (SSSR count). The maximum Gasteiger partial charge on any atom is 0.126 e. The Hall–Kier alpha value is 0.390. The largest absolute Gasteiger partial charge is 0.383 e. The number of rotatable bonds is 0. The molecule has 0 aromatic carbocycles. The van der Waals surface area contributed by atoms with Crippen molar-refractivity contribution in [1.82, 2.24) is 4.98 Å². The number of halogens is 3. The van der Waals surface area contributed by atoms with Crippen LogP contribution >= 0.6 is 50.9 Å². The third-order valence-electron chi connectivity index (χ3n) is 1.51. The predicted octanol–water partition coefficient (Wildman–Crippen LogP) is 3.01. The van der Waals surface area contributed by atoms with Crippen molar-refractivity contribution in [3.8, 4) is 0 Å². The van der Waals surface area contributed by atoms with E-state index >= 15 is 0 Å². The first kappa shape index (κ1) is 18.2. The van der Waals surface area contributed by atoms with Crippen LogP contribution in [0.4, 0.5) is 5.82 Å². The van der Waals surface area contributed by atoms with Gasteiger partial charge in [0.05, 0.1) is 0 Å². The summed E-state index contributed by atoms with van der Waals surface area (Å²) in [6.07, 6.45) is 1.72. The number of hydrogen-bond acceptors (Lipinski definition) is 2. The summed E-state index contributed by atoms with van der Waals surface area (Å²) < 4.78 is 0. The third-order valence-corrected chi connectivity index (χ3v) is 1.51. The SMILES string of the molecule is Br.Br.Br.Cc1ccnc(N)c1C. The van der Waals surface area contributed by atoms with Crippen LogP contribution in [0.3, 0.4) is 0 Å². The molecule has 0 aliphatic heterocycles. The normalized spacial score (nSPS) is 7.17. The van der Waals surface area contributed by atoms with Crippen LogP contribution in [-0.2, 0) is 0 Å². The topological polar surface area (TPSA) is 38.9 Å². The summed E-state index contributed by atoms with van der Waals surface area (Å²) in [5, 5.41) is 0. The summed E-state index contributed by atoms with van der Waals surface area (Å²) in [5.41, 5.74) is 7.79. The van der Waals surface area contributed by atoms with Crippen molar-refractivity contribution in [2.75, 3.05) is 5.73 Å². The number of nitrogen functional groups attached to an aromatic ring is 1. The van der Waals surface area contributed by atoms with Crippen LogP contribution in [0.1, 0.15) is 11.1 Å². The molecule has 0 radical (unpaired) electrons. The molecule has 0 aliphatic rings. The molecule has 2 N–H and O–H groups in total. The first-order valence-electron chi connectivity index (χ1n) is 2.89. The lowest BCUT2D eigenvalue weighted by molar-refractivity contribution is 1.23. The van der Waals surface area contributed by atoms with E-state index in [2.05, 4.69) is 4.98 Å². The Balaban J connectivity index is -0.000000270. The highest BCUT2D eigenvalue weighted by atomic mass is 79.9. The molecule has 1 aromatic rings. The number of aryl methyl sites for hydroxylation is 1. The maximum absolute atomic E-state index is 5.51. The van der Waals surface area contributed by atoms with Crippen LogP contribution in [0.5, 0.6) is 0 Å². The Morgan fingerprint density at radius 1 is 1.17 bits per heavy atom. The first-order chi connectivity index (χ1) is 4.22. The van der Waals surface area contributed by atoms with Gasteiger partial charge < -0.3 is 5.73 Å². The van der Waals surface area contributed by atoms with Crippen molar-refractivity contribution < 1.29 is 0 Å². The van der Waals surface area contributed by atoms with Crippen molar-refractivity contribution >= 4 is 56.8 Å². The van der Waals surface area contributed by atoms with Gasteiger partial charge in [-0.05, 0) is 31.0 Å². The first-order valence-corrected chi connectivity index (χ1v) is 2.89. The van der Waals surface area contributed by atoms with Gasteiger partial charge in [0.15, 0.2) is 0 Å². The fourth-order valence-electron chi connectivity index (χ4n) is 0.653. The number of nitrogens with two attached hydrogens (primary N) is 1. The van der Waals surface area contributed by atoms with Gasteiger partial charge in [-0.25, -0.2) is 4.98 Å². The van der Waals surface area contributed by atoms with Gasteiger partial charge in [0.2, 0.25) is 0 Å². The minimum atomic E-state index is 0. The third kappa shape index (κ3) is 4.42. The smallest absolute Gasteiger partial charge is 0.126 e. The molecule has 1 heterocycles. The second-order valence-electron chi connectivity index (χ2n) is 2.14. The van der Waals surface area contributed by atoms with Gasteiger partial charge >= 0.3 is 0 Å². The molecule has 0 bridgehead atoms. The van der Waals surface area contributed by atoms with E-state index in [-0.39, 0.29) is 50.9 Å². The van der Waals surface area contributed by atoms with Crippen LogP contribution in [-0.4, -0.2) is 4.98 Å². The number of nitrogens with zero attached hydrogens (tertiary/aromatic N) is 1. The Morgan fingerprint density at radius 3 is 2.00 bits per heavy atom. The Bertz CT molecular complexity index is 208. The zero-order chi connectivity index (χ0) is 6.85. The van der Waals surface area contributed by atoms with Gasteiger partial charge in [0.25, 0.3) is 0 Å². The minimum Gasteiger partial charge on any atom is -0.383 e. The summed E-state index contributed by atoms with van der Waals surface area (Å²) in [6, 6.07) is 1.95. The molecule has 12 heavy (non-hydrogen) atoms. The number of anilines is 1. The second kappa shape index (κ2) is 8.01. The molecule has 0 amide bonds. The Labute approximate surface area is 104 Å². The van der Waals surface area contributed by atoms with Gasteiger partial charge in [-0.3, -0.25) is 0 Å². The summed E-state index contributed by atoms with van der Waals surface area (Å²) in [5.74, 6) is 0.634. The average molecular weight is 365 g/mol. The highest BCUT2D eigenvalue weighted by Crippen LogP contribution is 2.09. The van der Waals surface area contributed by atoms with E-state index in [4.69, 9.17) is 5.73 Å². The number of pyridine rings is 1. The molecular weight excluding hydrogens is 352 g/mol. The molecule has 1 aromatic heterocycles. The van der Waals surface area contributed by atoms with Crippen molar-refractivity contribution in [2.24, 2.45) is 0 Å². The van der Waals surface area contributed by atoms with Crippen molar-refractivity contribution in [2.45, 2.75) is 13.8 Å². The van der Waals surface area contributed by atoms with Gasteiger partial charge in [-0.1, -0.05) is 0 Å². The highest BCUT2D eigenvalue weighted by Gasteiger charge is 1.94. The van der Waals surface area contributed by atoms with Gasteiger partial charge in [-0.2, -0.15) is 0 Å². The maximum atomic E-state index is 5.51. The molecular formula is C7H13Br3N2. The molecule has 0 aliphatic carbocycles. The lowest BCUT2D eigenvalue weighted by Crippen LogP contribution is -1.94. The molecule has 0 unspecified atom stereocenters. The van der Waals surface area contributed by atoms with E-state index in [1.54, 1.807) is 6.20 Å². The molecule has 72 valence electrons. The van der Waals surface area contributed by atoms with Crippen molar-refractivity contribution in [1.29, 1.82) is 0 Å². The van der Waals surface area contributed by atoms with Gasteiger partial charge in [0.1, 0.15) is 5.82 Å². The van der Waals surface area contributed by atoms with Crippen LogP contribution in [0.25, 0.3) is 0 Å². The molecule has 2 nitrogen and oxygen atoms in total. The average Bonchev–Trinajstić information content (AvgIpc) is 1.83. The van der Waals surface area contributed by atoms with Gasteiger partial charge in [-0.15, -0.1) is 50.9 Å². The van der Waals surface area contributed by atoms with E-state index in [0.29, 0.717) is 5.82 Å². The van der Waals surface area contributed by atoms with E-state index in [9.17, 15) is 0 Å². The van der Waals surface area contributed by atoms with E-state index in [1.165, 1.54) is 5.56 Å². The van der Waals surface area contributed by atoms with Crippen molar-refractivity contribution in [3.05, 3.63) is 23.4 Å². The monoisotopic (exact) mass is 362 g/mol. The highest BCUT2D eigenvalue weighted by molar-refractivity contribution is 8.93. The second-order valence-corrected chi connectivity index (χ2v) is 2.14. The minimum absolute atomic E-state index is 0. The summed E-state index contributed by atoms with van der Waals surface area (Å²) in [4.78, 5) is 3.92. The molecule has 0 atom stereocenters. The quantitative estimate of drug-likeness (QED) is 0.768. The van der Waals surface area contributed by atoms with Crippen molar-refractivity contribution in [3.63, 3.8) is 0 Å². The van der Waals surface area contributed by atoms with Crippen LogP contribution in [0, 0.1) is 13.8 Å². The molecule has 0 spiro atoms. The zero-order valence-electron chi connectivity index (χ0n) is 6.90. The summed E-state index contributed by atoms with van der Waals surface area (Å²) in [7, 11) is 0. The number of hydrogen-bond donors (Lipinski definition) is 1. The van der Waals surface area contributed by atoms with E-state index in [1.807, 2.05) is 19.9 Å². The molecule has 5 heteroatoms. The molecule has 0 fully saturated rings. The molecule has 0 saturated carbocycles. The standard InChI is InChI=1S/C7H10N2.3BrH/c1-5-3-4-9-7(8)6(5)2;;;/h3-4H,1-2H3,(H2,8,9);3*1H. The summed E-state index contributed by atoms with van der Waals surface area (Å²) >= 11 is 0. The van der Waals surface area contributed by atoms with Crippen LogP contribution < -0.4 is 5.73 Å². The van der Waals surface area contributed by atoms with Crippen LogP contribution in [0.15, 0.2) is 12.3 Å². The van der Waals surface area contributed by atoms with Crippen LogP contribution in [0.2, 0.25) is 0 Å². The fraction of sp³-hybridized carbons (Fsp3) is 0.286. The fourth-order valence-corrected chi connectivity index (χ4v) is 0.653. The lowest BCUT2D eigenvalue weighted by Gasteiger charge is -1.99. The van der Waals surface area contributed by atoms with Gasteiger partial charge in [0, 0.05) is 6.20 Å².